The van der Waals surface area contributed by atoms with Gasteiger partial charge >= 0.3 is 0 Å². The van der Waals surface area contributed by atoms with E-state index in [1.807, 2.05) is 11.7 Å². The molecule has 6 heteroatoms. The van der Waals surface area contributed by atoms with Gasteiger partial charge in [-0.05, 0) is 45.2 Å². The molecule has 1 aromatic heterocycles. The highest BCUT2D eigenvalue weighted by atomic mass is 127. The van der Waals surface area contributed by atoms with Crippen molar-refractivity contribution in [2.75, 3.05) is 13.1 Å². The Bertz CT molecular complexity index is 689. The van der Waals surface area contributed by atoms with Crippen LogP contribution in [0.25, 0.3) is 0 Å². The van der Waals surface area contributed by atoms with Crippen LogP contribution < -0.4 is 10.6 Å². The largest absolute Gasteiger partial charge is 0.357 e. The van der Waals surface area contributed by atoms with E-state index in [0.717, 1.165) is 31.2 Å². The van der Waals surface area contributed by atoms with E-state index in [1.165, 1.54) is 22.4 Å². The lowest BCUT2D eigenvalue weighted by Crippen LogP contribution is -2.38. The number of aliphatic imine (C=N–C) groups is 1. The van der Waals surface area contributed by atoms with Crippen LogP contribution in [0.1, 0.15) is 35.0 Å². The van der Waals surface area contributed by atoms with Crippen LogP contribution in [0, 0.1) is 20.8 Å². The van der Waals surface area contributed by atoms with Gasteiger partial charge in [0.1, 0.15) is 0 Å². The van der Waals surface area contributed by atoms with Crippen LogP contribution >= 0.6 is 24.0 Å². The number of guanidine groups is 1. The fourth-order valence-electron chi connectivity index (χ4n) is 2.69. The molecule has 0 aliphatic heterocycles. The molecule has 0 atom stereocenters. The number of aryl methyl sites for hydroxylation is 3. The molecule has 25 heavy (non-hydrogen) atoms. The number of benzene rings is 1. The fraction of sp³-hybridized carbons (Fsp3) is 0.474. The molecule has 0 bridgehead atoms. The maximum absolute atomic E-state index is 4.67. The number of halogens is 1. The number of aromatic nitrogens is 2. The van der Waals surface area contributed by atoms with E-state index in [2.05, 4.69) is 72.7 Å². The van der Waals surface area contributed by atoms with Crippen molar-refractivity contribution in [1.29, 1.82) is 0 Å². The quantitative estimate of drug-likeness (QED) is 0.400. The molecule has 0 aliphatic rings. The number of rotatable bonds is 6. The van der Waals surface area contributed by atoms with Gasteiger partial charge in [-0.3, -0.25) is 4.68 Å². The van der Waals surface area contributed by atoms with Gasteiger partial charge in [-0.25, -0.2) is 4.99 Å². The van der Waals surface area contributed by atoms with Crippen molar-refractivity contribution < 1.29 is 0 Å². The van der Waals surface area contributed by atoms with Gasteiger partial charge in [0.2, 0.25) is 0 Å². The summed E-state index contributed by atoms with van der Waals surface area (Å²) in [5, 5.41) is 11.2. The van der Waals surface area contributed by atoms with Gasteiger partial charge in [-0.15, -0.1) is 24.0 Å². The molecule has 0 saturated carbocycles. The molecule has 0 fully saturated rings. The highest BCUT2D eigenvalue weighted by Gasteiger charge is 2.09. The number of nitrogens with zero attached hydrogens (tertiary/aromatic N) is 3. The topological polar surface area (TPSA) is 54.2 Å². The number of hydrogen-bond donors (Lipinski definition) is 2. The van der Waals surface area contributed by atoms with Crippen LogP contribution in [0.2, 0.25) is 0 Å². The summed E-state index contributed by atoms with van der Waals surface area (Å²) in [4.78, 5) is 4.67. The maximum atomic E-state index is 4.67. The second-order valence-electron chi connectivity index (χ2n) is 6.13. The molecule has 0 aliphatic carbocycles. The normalized spacial score (nSPS) is 11.2. The van der Waals surface area contributed by atoms with E-state index >= 15 is 0 Å². The molecule has 0 saturated heterocycles. The molecular weight excluding hydrogens is 425 g/mol. The predicted octanol–water partition coefficient (Wildman–Crippen LogP) is 3.26. The second kappa shape index (κ2) is 10.4. The second-order valence-corrected chi connectivity index (χ2v) is 6.13. The number of hydrogen-bond acceptors (Lipinski definition) is 2. The van der Waals surface area contributed by atoms with Crippen LogP contribution in [0.5, 0.6) is 0 Å². The Balaban J connectivity index is 0.00000312. The Hall–Kier alpha value is -1.57. The summed E-state index contributed by atoms with van der Waals surface area (Å²) in [5.41, 5.74) is 6.15. The van der Waals surface area contributed by atoms with Crippen LogP contribution in [0.3, 0.4) is 0 Å². The zero-order chi connectivity index (χ0) is 17.5. The van der Waals surface area contributed by atoms with Crippen LogP contribution in [-0.2, 0) is 20.0 Å². The summed E-state index contributed by atoms with van der Waals surface area (Å²) in [5.74, 6) is 0.859. The molecule has 0 amide bonds. The van der Waals surface area contributed by atoms with E-state index in [-0.39, 0.29) is 24.0 Å². The molecule has 2 N–H and O–H groups in total. The van der Waals surface area contributed by atoms with Crippen molar-refractivity contribution in [3.8, 4) is 0 Å². The Kier molecular flexibility index (Phi) is 8.96. The summed E-state index contributed by atoms with van der Waals surface area (Å²) in [6.45, 7) is 10.7. The molecule has 138 valence electrons. The lowest BCUT2D eigenvalue weighted by atomic mass is 10.1. The Morgan fingerprint density at radius 3 is 2.36 bits per heavy atom. The highest BCUT2D eigenvalue weighted by Crippen LogP contribution is 2.11. The Morgan fingerprint density at radius 2 is 1.80 bits per heavy atom. The summed E-state index contributed by atoms with van der Waals surface area (Å²) >= 11 is 0. The highest BCUT2D eigenvalue weighted by molar-refractivity contribution is 14.0. The van der Waals surface area contributed by atoms with Gasteiger partial charge in [0.25, 0.3) is 0 Å². The molecule has 0 radical (unpaired) electrons. The van der Waals surface area contributed by atoms with Crippen molar-refractivity contribution in [2.45, 2.75) is 40.7 Å². The van der Waals surface area contributed by atoms with Crippen molar-refractivity contribution in [3.05, 3.63) is 52.3 Å². The van der Waals surface area contributed by atoms with Crippen LogP contribution in [-0.4, -0.2) is 28.8 Å². The van der Waals surface area contributed by atoms with Crippen LogP contribution in [0.15, 0.2) is 29.3 Å². The van der Waals surface area contributed by atoms with Crippen LogP contribution in [0.4, 0.5) is 0 Å². The Morgan fingerprint density at radius 1 is 1.12 bits per heavy atom. The van der Waals surface area contributed by atoms with E-state index in [9.17, 15) is 0 Å². The first kappa shape index (κ1) is 21.5. The SMILES string of the molecule is CCNC(=NCc1ccc(C)cc1)NCCc1c(C)nn(C)c1C.I. The standard InChI is InChI=1S/C19H29N5.HI/c1-6-20-19(22-13-17-9-7-14(2)8-10-17)21-12-11-18-15(3)23-24(5)16(18)4;/h7-10H,6,11-13H2,1-5H3,(H2,20,21,22);1H. The third-order valence-electron chi connectivity index (χ3n) is 4.21. The van der Waals surface area contributed by atoms with E-state index in [4.69, 9.17) is 0 Å². The van der Waals surface area contributed by atoms with E-state index in [1.54, 1.807) is 0 Å². The lowest BCUT2D eigenvalue weighted by Gasteiger charge is -2.11. The third kappa shape index (κ3) is 6.34. The minimum atomic E-state index is 0. The Labute approximate surface area is 168 Å². The predicted molar refractivity (Wildman–Crippen MR) is 116 cm³/mol. The minimum Gasteiger partial charge on any atom is -0.357 e. The zero-order valence-electron chi connectivity index (χ0n) is 15.9. The molecule has 1 aromatic carbocycles. The zero-order valence-corrected chi connectivity index (χ0v) is 18.2. The maximum Gasteiger partial charge on any atom is 0.191 e. The first-order valence-electron chi connectivity index (χ1n) is 8.58. The fourth-order valence-corrected chi connectivity index (χ4v) is 2.69. The molecular formula is C19H30IN5. The first-order valence-corrected chi connectivity index (χ1v) is 8.58. The summed E-state index contributed by atoms with van der Waals surface area (Å²) in [7, 11) is 1.99. The molecule has 2 aromatic rings. The first-order chi connectivity index (χ1) is 11.5. The van der Waals surface area contributed by atoms with Gasteiger partial charge in [-0.1, -0.05) is 29.8 Å². The summed E-state index contributed by atoms with van der Waals surface area (Å²) in [6, 6.07) is 8.51. The average Bonchev–Trinajstić information content (AvgIpc) is 2.80. The van der Waals surface area contributed by atoms with Gasteiger partial charge in [0, 0.05) is 25.8 Å². The molecule has 0 spiro atoms. The molecule has 5 nitrogen and oxygen atoms in total. The number of nitrogens with one attached hydrogen (secondary N) is 2. The average molecular weight is 455 g/mol. The van der Waals surface area contributed by atoms with Crippen molar-refractivity contribution in [3.63, 3.8) is 0 Å². The molecule has 0 unspecified atom stereocenters. The summed E-state index contributed by atoms with van der Waals surface area (Å²) in [6.07, 6.45) is 0.945. The summed E-state index contributed by atoms with van der Waals surface area (Å²) < 4.78 is 1.95. The third-order valence-corrected chi connectivity index (χ3v) is 4.21. The van der Waals surface area contributed by atoms with E-state index in [0.29, 0.717) is 6.54 Å². The van der Waals surface area contributed by atoms with Gasteiger partial charge in [0.15, 0.2) is 5.96 Å². The smallest absolute Gasteiger partial charge is 0.191 e. The van der Waals surface area contributed by atoms with Gasteiger partial charge < -0.3 is 10.6 Å². The monoisotopic (exact) mass is 455 g/mol. The van der Waals surface area contributed by atoms with Crippen molar-refractivity contribution >= 4 is 29.9 Å². The minimum absolute atomic E-state index is 0. The molecule has 1 heterocycles. The van der Waals surface area contributed by atoms with Crippen molar-refractivity contribution in [1.82, 2.24) is 20.4 Å². The molecule has 2 rings (SSSR count). The lowest BCUT2D eigenvalue weighted by molar-refractivity contribution is 0.729. The van der Waals surface area contributed by atoms with Gasteiger partial charge in [0.05, 0.1) is 12.2 Å². The van der Waals surface area contributed by atoms with Crippen molar-refractivity contribution in [2.24, 2.45) is 12.0 Å². The van der Waals surface area contributed by atoms with E-state index < -0.39 is 0 Å². The van der Waals surface area contributed by atoms with Gasteiger partial charge in [-0.2, -0.15) is 5.10 Å².